The van der Waals surface area contributed by atoms with Crippen LogP contribution in [0.2, 0.25) is 0 Å². The van der Waals surface area contributed by atoms with E-state index >= 15 is 0 Å². The predicted molar refractivity (Wildman–Crippen MR) is 92.4 cm³/mol. The van der Waals surface area contributed by atoms with Gasteiger partial charge in [0.05, 0.1) is 24.5 Å². The van der Waals surface area contributed by atoms with E-state index in [4.69, 9.17) is 9.15 Å². The van der Waals surface area contributed by atoms with E-state index in [-0.39, 0.29) is 5.91 Å². The SMILES string of the molecule is CCN1CCOC(CN2CCN(C(=O)c3c(C)coc3C)CC2)C1. The molecule has 0 aliphatic carbocycles. The number of ether oxygens (including phenoxy) is 1. The molecule has 1 aromatic heterocycles. The lowest BCUT2D eigenvalue weighted by Gasteiger charge is -2.39. The Labute approximate surface area is 144 Å². The van der Waals surface area contributed by atoms with Crippen molar-refractivity contribution in [3.63, 3.8) is 0 Å². The second-order valence-electron chi connectivity index (χ2n) is 6.83. The number of furan rings is 1. The van der Waals surface area contributed by atoms with Gasteiger partial charge in [-0.15, -0.1) is 0 Å². The fourth-order valence-corrected chi connectivity index (χ4v) is 3.65. The van der Waals surface area contributed by atoms with Crippen molar-refractivity contribution in [2.45, 2.75) is 26.9 Å². The Morgan fingerprint density at radius 1 is 1.17 bits per heavy atom. The number of morpholine rings is 1. The van der Waals surface area contributed by atoms with Crippen LogP contribution in [0.25, 0.3) is 0 Å². The van der Waals surface area contributed by atoms with Gasteiger partial charge in [-0.2, -0.15) is 0 Å². The average Bonchev–Trinajstić information content (AvgIpc) is 2.94. The average molecular weight is 335 g/mol. The van der Waals surface area contributed by atoms with Crippen molar-refractivity contribution in [2.24, 2.45) is 0 Å². The molecule has 0 N–H and O–H groups in total. The molecule has 2 aliphatic heterocycles. The Hall–Kier alpha value is -1.37. The van der Waals surface area contributed by atoms with E-state index < -0.39 is 0 Å². The fraction of sp³-hybridized carbons (Fsp3) is 0.722. The molecule has 1 amide bonds. The zero-order valence-electron chi connectivity index (χ0n) is 15.1. The van der Waals surface area contributed by atoms with Crippen LogP contribution in [0.4, 0.5) is 0 Å². The smallest absolute Gasteiger partial charge is 0.257 e. The molecule has 3 rings (SSSR count). The van der Waals surface area contributed by atoms with Gasteiger partial charge in [0.25, 0.3) is 5.91 Å². The van der Waals surface area contributed by atoms with Crippen LogP contribution in [0, 0.1) is 13.8 Å². The molecular formula is C18H29N3O3. The number of amides is 1. The van der Waals surface area contributed by atoms with Gasteiger partial charge in [0.15, 0.2) is 0 Å². The molecule has 24 heavy (non-hydrogen) atoms. The molecule has 2 fully saturated rings. The summed E-state index contributed by atoms with van der Waals surface area (Å²) >= 11 is 0. The molecule has 3 heterocycles. The highest BCUT2D eigenvalue weighted by Crippen LogP contribution is 2.19. The number of hydrogen-bond acceptors (Lipinski definition) is 5. The van der Waals surface area contributed by atoms with Gasteiger partial charge in [0.2, 0.25) is 0 Å². The molecule has 0 bridgehead atoms. The van der Waals surface area contributed by atoms with Crippen molar-refractivity contribution < 1.29 is 13.9 Å². The first-order valence-corrected chi connectivity index (χ1v) is 8.98. The first-order valence-electron chi connectivity index (χ1n) is 8.98. The molecule has 0 spiro atoms. The van der Waals surface area contributed by atoms with Crippen LogP contribution < -0.4 is 0 Å². The van der Waals surface area contributed by atoms with Crippen LogP contribution >= 0.6 is 0 Å². The Kier molecular flexibility index (Phi) is 5.58. The highest BCUT2D eigenvalue weighted by molar-refractivity contribution is 5.96. The van der Waals surface area contributed by atoms with Gasteiger partial charge in [-0.05, 0) is 20.4 Å². The maximum absolute atomic E-state index is 12.7. The largest absolute Gasteiger partial charge is 0.469 e. The Morgan fingerprint density at radius 2 is 1.92 bits per heavy atom. The standard InChI is InChI=1S/C18H29N3O3/c1-4-19-9-10-23-16(11-19)12-20-5-7-21(8-6-20)18(22)17-14(2)13-24-15(17)3/h13,16H,4-12H2,1-3H3. The molecule has 2 saturated heterocycles. The minimum absolute atomic E-state index is 0.101. The molecule has 134 valence electrons. The highest BCUT2D eigenvalue weighted by atomic mass is 16.5. The van der Waals surface area contributed by atoms with E-state index in [1.807, 2.05) is 18.7 Å². The number of hydrogen-bond donors (Lipinski definition) is 0. The van der Waals surface area contributed by atoms with Gasteiger partial charge in [-0.25, -0.2) is 0 Å². The Morgan fingerprint density at radius 3 is 2.54 bits per heavy atom. The van der Waals surface area contributed by atoms with E-state index in [1.165, 1.54) is 0 Å². The fourth-order valence-electron chi connectivity index (χ4n) is 3.65. The molecule has 1 aromatic rings. The summed E-state index contributed by atoms with van der Waals surface area (Å²) in [6.07, 6.45) is 1.96. The lowest BCUT2D eigenvalue weighted by Crippen LogP contribution is -2.53. The molecule has 1 atom stereocenters. The number of nitrogens with zero attached hydrogens (tertiary/aromatic N) is 3. The molecule has 0 radical (unpaired) electrons. The summed E-state index contributed by atoms with van der Waals surface area (Å²) in [6.45, 7) is 14.3. The van der Waals surface area contributed by atoms with Crippen molar-refractivity contribution in [3.05, 3.63) is 23.2 Å². The lowest BCUT2D eigenvalue weighted by atomic mass is 10.1. The van der Waals surface area contributed by atoms with Crippen molar-refractivity contribution in [3.8, 4) is 0 Å². The highest BCUT2D eigenvalue weighted by Gasteiger charge is 2.28. The van der Waals surface area contributed by atoms with Gasteiger partial charge in [-0.3, -0.25) is 14.6 Å². The normalized spacial score (nSPS) is 23.6. The maximum atomic E-state index is 12.7. The van der Waals surface area contributed by atoms with Crippen molar-refractivity contribution >= 4 is 5.91 Å². The monoisotopic (exact) mass is 335 g/mol. The number of piperazine rings is 1. The quantitative estimate of drug-likeness (QED) is 0.832. The summed E-state index contributed by atoms with van der Waals surface area (Å²) in [4.78, 5) is 19.5. The van der Waals surface area contributed by atoms with Gasteiger partial charge in [0.1, 0.15) is 5.76 Å². The molecule has 6 nitrogen and oxygen atoms in total. The molecule has 6 heteroatoms. The number of carbonyl (C=O) groups excluding carboxylic acids is 1. The van der Waals surface area contributed by atoms with Crippen LogP contribution in [-0.2, 0) is 4.74 Å². The van der Waals surface area contributed by atoms with Gasteiger partial charge < -0.3 is 14.1 Å². The summed E-state index contributed by atoms with van der Waals surface area (Å²) in [5.41, 5.74) is 1.66. The van der Waals surface area contributed by atoms with E-state index in [0.29, 0.717) is 6.10 Å². The predicted octanol–water partition coefficient (Wildman–Crippen LogP) is 1.37. The molecular weight excluding hydrogens is 306 g/mol. The van der Waals surface area contributed by atoms with Gasteiger partial charge in [-0.1, -0.05) is 6.92 Å². The first kappa shape index (κ1) is 17.5. The number of aryl methyl sites for hydroxylation is 2. The maximum Gasteiger partial charge on any atom is 0.257 e. The lowest BCUT2D eigenvalue weighted by molar-refractivity contribution is -0.0458. The van der Waals surface area contributed by atoms with Crippen molar-refractivity contribution in [1.29, 1.82) is 0 Å². The van der Waals surface area contributed by atoms with Crippen LogP contribution in [0.3, 0.4) is 0 Å². The number of rotatable bonds is 4. The third-order valence-corrected chi connectivity index (χ3v) is 5.16. The molecule has 1 unspecified atom stereocenters. The minimum Gasteiger partial charge on any atom is -0.469 e. The van der Waals surface area contributed by atoms with Gasteiger partial charge in [0, 0.05) is 51.4 Å². The van der Waals surface area contributed by atoms with E-state index in [0.717, 1.165) is 75.9 Å². The van der Waals surface area contributed by atoms with Crippen molar-refractivity contribution in [2.75, 3.05) is 59.0 Å². The van der Waals surface area contributed by atoms with Crippen molar-refractivity contribution in [1.82, 2.24) is 14.7 Å². The van der Waals surface area contributed by atoms with Crippen LogP contribution in [0.1, 0.15) is 28.6 Å². The topological polar surface area (TPSA) is 49.2 Å². The zero-order valence-corrected chi connectivity index (χ0v) is 15.1. The Bertz CT molecular complexity index is 544. The van der Waals surface area contributed by atoms with E-state index in [2.05, 4.69) is 16.7 Å². The molecule has 0 saturated carbocycles. The van der Waals surface area contributed by atoms with Gasteiger partial charge >= 0.3 is 0 Å². The summed E-state index contributed by atoms with van der Waals surface area (Å²) in [7, 11) is 0. The second-order valence-corrected chi connectivity index (χ2v) is 6.83. The van der Waals surface area contributed by atoms with E-state index in [9.17, 15) is 4.79 Å². The summed E-state index contributed by atoms with van der Waals surface area (Å²) < 4.78 is 11.3. The Balaban J connectivity index is 1.50. The summed E-state index contributed by atoms with van der Waals surface area (Å²) in [6, 6.07) is 0. The van der Waals surface area contributed by atoms with Crippen LogP contribution in [0.5, 0.6) is 0 Å². The van der Waals surface area contributed by atoms with Crippen LogP contribution in [-0.4, -0.2) is 85.7 Å². The first-order chi connectivity index (χ1) is 11.6. The zero-order chi connectivity index (χ0) is 17.1. The van der Waals surface area contributed by atoms with Crippen LogP contribution in [0.15, 0.2) is 10.7 Å². The number of carbonyl (C=O) groups is 1. The molecule has 0 aromatic carbocycles. The molecule has 2 aliphatic rings. The second kappa shape index (κ2) is 7.68. The number of likely N-dealkylation sites (N-methyl/N-ethyl adjacent to an activating group) is 1. The van der Waals surface area contributed by atoms with E-state index in [1.54, 1.807) is 6.26 Å². The summed E-state index contributed by atoms with van der Waals surface area (Å²) in [5, 5.41) is 0. The third kappa shape index (κ3) is 3.82. The third-order valence-electron chi connectivity index (χ3n) is 5.16. The minimum atomic E-state index is 0.101. The summed E-state index contributed by atoms with van der Waals surface area (Å²) in [5.74, 6) is 0.819.